The van der Waals surface area contributed by atoms with Gasteiger partial charge < -0.3 is 14.2 Å². The normalized spacial score (nSPS) is 26.1. The quantitative estimate of drug-likeness (QED) is 0.506. The van der Waals surface area contributed by atoms with Crippen LogP contribution in [-0.2, 0) is 19.0 Å². The molecule has 0 aromatic heterocycles. The van der Waals surface area contributed by atoms with Crippen molar-refractivity contribution >= 4 is 5.97 Å². The Morgan fingerprint density at radius 3 is 2.86 bits per heavy atom. The third-order valence-corrected chi connectivity index (χ3v) is 1.89. The molecule has 14 heavy (non-hydrogen) atoms. The van der Waals surface area contributed by atoms with E-state index in [1.165, 1.54) is 0 Å². The van der Waals surface area contributed by atoms with Gasteiger partial charge in [0.25, 0.3) is 0 Å². The summed E-state index contributed by atoms with van der Waals surface area (Å²) in [6.07, 6.45) is 0.525. The highest BCUT2D eigenvalue weighted by atomic mass is 16.7. The lowest BCUT2D eigenvalue weighted by Gasteiger charge is -2.10. The van der Waals surface area contributed by atoms with Crippen molar-refractivity contribution in [2.45, 2.75) is 32.7 Å². The van der Waals surface area contributed by atoms with Crippen LogP contribution < -0.4 is 0 Å². The minimum atomic E-state index is -0.381. The predicted molar refractivity (Wildman–Crippen MR) is 50.7 cm³/mol. The average Bonchev–Trinajstić information content (AvgIpc) is 2.61. The number of ether oxygens (including phenoxy) is 3. The molecule has 1 aliphatic rings. The van der Waals surface area contributed by atoms with Gasteiger partial charge in [0, 0.05) is 5.57 Å². The molecule has 1 heterocycles. The summed E-state index contributed by atoms with van der Waals surface area (Å²) >= 11 is 0. The van der Waals surface area contributed by atoms with Crippen LogP contribution in [0.3, 0.4) is 0 Å². The van der Waals surface area contributed by atoms with Gasteiger partial charge in [-0.2, -0.15) is 0 Å². The first-order valence-electron chi connectivity index (χ1n) is 4.73. The van der Waals surface area contributed by atoms with Gasteiger partial charge in [0.1, 0.15) is 12.7 Å². The molecule has 1 saturated heterocycles. The Kier molecular flexibility index (Phi) is 4.10. The summed E-state index contributed by atoms with van der Waals surface area (Å²) in [5.74, 6) is -0.381. The summed E-state index contributed by atoms with van der Waals surface area (Å²) in [5, 5.41) is 0. The number of carbonyl (C=O) groups excluding carboxylic acids is 1. The van der Waals surface area contributed by atoms with Crippen LogP contribution in [0.25, 0.3) is 0 Å². The van der Waals surface area contributed by atoms with Gasteiger partial charge in [0.05, 0.1) is 6.61 Å². The summed E-state index contributed by atoms with van der Waals surface area (Å²) < 4.78 is 15.6. The van der Waals surface area contributed by atoms with Crippen LogP contribution in [0.15, 0.2) is 12.2 Å². The molecule has 0 bridgehead atoms. The van der Waals surface area contributed by atoms with Gasteiger partial charge in [-0.05, 0) is 13.3 Å². The molecule has 0 N–H and O–H groups in total. The van der Waals surface area contributed by atoms with E-state index in [0.717, 1.165) is 6.42 Å². The van der Waals surface area contributed by atoms with Gasteiger partial charge in [-0.3, -0.25) is 0 Å². The Bertz CT molecular complexity index is 224. The first-order chi connectivity index (χ1) is 6.63. The Balaban J connectivity index is 2.20. The second-order valence-corrected chi connectivity index (χ2v) is 3.31. The maximum absolute atomic E-state index is 11.0. The van der Waals surface area contributed by atoms with E-state index < -0.39 is 0 Å². The van der Waals surface area contributed by atoms with E-state index >= 15 is 0 Å². The molecular weight excluding hydrogens is 184 g/mol. The molecule has 0 amide bonds. The van der Waals surface area contributed by atoms with Gasteiger partial charge in [-0.15, -0.1) is 0 Å². The van der Waals surface area contributed by atoms with Gasteiger partial charge in [-0.25, -0.2) is 4.79 Å². The molecular formula is C10H16O4. The number of hydrogen-bond acceptors (Lipinski definition) is 4. The number of rotatable bonds is 4. The van der Waals surface area contributed by atoms with Crippen LogP contribution in [-0.4, -0.2) is 31.6 Å². The molecule has 4 heteroatoms. The molecule has 2 unspecified atom stereocenters. The van der Waals surface area contributed by atoms with E-state index in [0.29, 0.717) is 12.2 Å². The zero-order chi connectivity index (χ0) is 10.6. The number of esters is 1. The maximum atomic E-state index is 11.0. The summed E-state index contributed by atoms with van der Waals surface area (Å²) in [7, 11) is 0. The van der Waals surface area contributed by atoms with Crippen LogP contribution in [0, 0.1) is 0 Å². The number of hydrogen-bond donors (Lipinski definition) is 0. The fraction of sp³-hybridized carbons (Fsp3) is 0.700. The zero-order valence-electron chi connectivity index (χ0n) is 8.62. The van der Waals surface area contributed by atoms with Crippen LogP contribution >= 0.6 is 0 Å². The van der Waals surface area contributed by atoms with Crippen molar-refractivity contribution < 1.29 is 19.0 Å². The Hall–Kier alpha value is -0.870. The molecule has 0 saturated carbocycles. The Morgan fingerprint density at radius 1 is 1.64 bits per heavy atom. The molecule has 0 aromatic rings. The largest absolute Gasteiger partial charge is 0.459 e. The van der Waals surface area contributed by atoms with Crippen LogP contribution in [0.4, 0.5) is 0 Å². The number of carbonyl (C=O) groups is 1. The molecule has 4 nitrogen and oxygen atoms in total. The van der Waals surface area contributed by atoms with Crippen molar-refractivity contribution in [2.75, 3.05) is 13.2 Å². The molecule has 0 radical (unpaired) electrons. The highest BCUT2D eigenvalue weighted by Crippen LogP contribution is 2.14. The van der Waals surface area contributed by atoms with Crippen molar-refractivity contribution in [2.24, 2.45) is 0 Å². The summed E-state index contributed by atoms with van der Waals surface area (Å²) in [6, 6.07) is 0. The van der Waals surface area contributed by atoms with Crippen LogP contribution in [0.1, 0.15) is 20.3 Å². The van der Waals surface area contributed by atoms with Gasteiger partial charge in [0.2, 0.25) is 0 Å². The van der Waals surface area contributed by atoms with Crippen LogP contribution in [0.2, 0.25) is 0 Å². The standard InChI is InChI=1S/C10H16O4/c1-4-9-12-5-8(14-9)6-13-10(11)7(2)3/h8-9H,2,4-6H2,1,3H3. The van der Waals surface area contributed by atoms with Crippen molar-refractivity contribution in [1.29, 1.82) is 0 Å². The molecule has 2 atom stereocenters. The minimum Gasteiger partial charge on any atom is -0.459 e. The molecule has 1 rings (SSSR count). The minimum absolute atomic E-state index is 0.136. The third kappa shape index (κ3) is 3.12. The smallest absolute Gasteiger partial charge is 0.333 e. The van der Waals surface area contributed by atoms with Gasteiger partial charge in [-0.1, -0.05) is 13.5 Å². The first-order valence-corrected chi connectivity index (χ1v) is 4.73. The SMILES string of the molecule is C=C(C)C(=O)OCC1COC(CC)O1. The van der Waals surface area contributed by atoms with E-state index in [2.05, 4.69) is 6.58 Å². The lowest BCUT2D eigenvalue weighted by atomic mass is 10.3. The van der Waals surface area contributed by atoms with E-state index in [-0.39, 0.29) is 25.0 Å². The highest BCUT2D eigenvalue weighted by molar-refractivity contribution is 5.86. The van der Waals surface area contributed by atoms with Crippen molar-refractivity contribution in [3.63, 3.8) is 0 Å². The van der Waals surface area contributed by atoms with E-state index in [9.17, 15) is 4.79 Å². The van der Waals surface area contributed by atoms with E-state index in [1.54, 1.807) is 6.92 Å². The zero-order valence-corrected chi connectivity index (χ0v) is 8.62. The second kappa shape index (κ2) is 5.12. The fourth-order valence-corrected chi connectivity index (χ4v) is 1.10. The van der Waals surface area contributed by atoms with Crippen molar-refractivity contribution in [3.05, 3.63) is 12.2 Å². The first kappa shape index (κ1) is 11.2. The predicted octanol–water partition coefficient (Wildman–Crippen LogP) is 1.26. The Morgan fingerprint density at radius 2 is 2.36 bits per heavy atom. The van der Waals surface area contributed by atoms with Gasteiger partial charge in [0.15, 0.2) is 6.29 Å². The van der Waals surface area contributed by atoms with Crippen molar-refractivity contribution in [3.8, 4) is 0 Å². The lowest BCUT2D eigenvalue weighted by Crippen LogP contribution is -2.21. The molecule has 1 fully saturated rings. The van der Waals surface area contributed by atoms with Crippen LogP contribution in [0.5, 0.6) is 0 Å². The maximum Gasteiger partial charge on any atom is 0.333 e. The molecule has 0 aliphatic carbocycles. The Labute approximate surface area is 83.8 Å². The van der Waals surface area contributed by atoms with Crippen molar-refractivity contribution in [1.82, 2.24) is 0 Å². The third-order valence-electron chi connectivity index (χ3n) is 1.89. The average molecular weight is 200 g/mol. The van der Waals surface area contributed by atoms with E-state index in [4.69, 9.17) is 14.2 Å². The summed E-state index contributed by atoms with van der Waals surface area (Å²) in [5.41, 5.74) is 0.399. The monoisotopic (exact) mass is 200 g/mol. The lowest BCUT2D eigenvalue weighted by molar-refractivity contribution is -0.143. The summed E-state index contributed by atoms with van der Waals surface area (Å²) in [4.78, 5) is 11.0. The fourth-order valence-electron chi connectivity index (χ4n) is 1.10. The molecule has 0 aromatic carbocycles. The topological polar surface area (TPSA) is 44.8 Å². The van der Waals surface area contributed by atoms with E-state index in [1.807, 2.05) is 6.92 Å². The summed E-state index contributed by atoms with van der Waals surface area (Å²) in [6.45, 7) is 7.80. The molecule has 1 aliphatic heterocycles. The second-order valence-electron chi connectivity index (χ2n) is 3.31. The molecule has 80 valence electrons. The highest BCUT2D eigenvalue weighted by Gasteiger charge is 2.25. The van der Waals surface area contributed by atoms with Gasteiger partial charge >= 0.3 is 5.97 Å². The molecule has 0 spiro atoms.